The molecule has 1 saturated heterocycles. The third-order valence-corrected chi connectivity index (χ3v) is 3.42. The van der Waals surface area contributed by atoms with Crippen LogP contribution in [0.25, 0.3) is 6.08 Å². The summed E-state index contributed by atoms with van der Waals surface area (Å²) in [6.45, 7) is 0.512. The maximum atomic E-state index is 11.6. The molecule has 0 unspecified atom stereocenters. The van der Waals surface area contributed by atoms with E-state index in [0.717, 1.165) is 16.9 Å². The topological polar surface area (TPSA) is 62.7 Å². The Balaban J connectivity index is 1.81. The van der Waals surface area contributed by atoms with E-state index < -0.39 is 0 Å². The van der Waals surface area contributed by atoms with Crippen LogP contribution in [0.15, 0.2) is 65.3 Å². The lowest BCUT2D eigenvalue weighted by Gasteiger charge is -2.02. The van der Waals surface area contributed by atoms with Gasteiger partial charge in [0.2, 0.25) is 0 Å². The van der Waals surface area contributed by atoms with Gasteiger partial charge in [0.1, 0.15) is 5.75 Å². The van der Waals surface area contributed by atoms with Crippen molar-refractivity contribution in [1.82, 2.24) is 10.6 Å². The molecule has 0 aliphatic carbocycles. The molecule has 0 saturated carbocycles. The van der Waals surface area contributed by atoms with Crippen LogP contribution in [0.3, 0.4) is 0 Å². The van der Waals surface area contributed by atoms with E-state index in [4.69, 9.17) is 4.74 Å². The zero-order valence-corrected chi connectivity index (χ0v) is 12.7. The van der Waals surface area contributed by atoms with Gasteiger partial charge in [0.05, 0.1) is 19.4 Å². The lowest BCUT2D eigenvalue weighted by atomic mass is 10.2. The molecule has 2 aromatic rings. The summed E-state index contributed by atoms with van der Waals surface area (Å²) in [5.41, 5.74) is 2.71. The van der Waals surface area contributed by atoms with Crippen LogP contribution in [-0.4, -0.2) is 19.0 Å². The van der Waals surface area contributed by atoms with Crippen LogP contribution in [-0.2, 0) is 6.54 Å². The number of nitrogens with zero attached hydrogens (tertiary/aromatic N) is 1. The lowest BCUT2D eigenvalue weighted by Crippen LogP contribution is -2.22. The first-order valence-electron chi connectivity index (χ1n) is 7.27. The second kappa shape index (κ2) is 6.79. The Morgan fingerprint density at radius 1 is 1.04 bits per heavy atom. The van der Waals surface area contributed by atoms with Gasteiger partial charge in [-0.3, -0.25) is 10.3 Å². The smallest absolute Gasteiger partial charge is 0.325 e. The van der Waals surface area contributed by atoms with Crippen molar-refractivity contribution in [3.63, 3.8) is 0 Å². The Hall–Kier alpha value is -3.08. The molecule has 1 fully saturated rings. The maximum absolute atomic E-state index is 11.6. The van der Waals surface area contributed by atoms with Gasteiger partial charge >= 0.3 is 6.03 Å². The Morgan fingerprint density at radius 3 is 2.48 bits per heavy atom. The van der Waals surface area contributed by atoms with Gasteiger partial charge in [-0.1, -0.05) is 42.5 Å². The highest BCUT2D eigenvalue weighted by molar-refractivity contribution is 6.16. The van der Waals surface area contributed by atoms with E-state index in [1.807, 2.05) is 60.7 Å². The molecule has 1 aliphatic rings. The number of amidine groups is 1. The van der Waals surface area contributed by atoms with E-state index in [9.17, 15) is 4.79 Å². The van der Waals surface area contributed by atoms with Gasteiger partial charge in [-0.15, -0.1) is 0 Å². The molecule has 0 atom stereocenters. The fourth-order valence-electron chi connectivity index (χ4n) is 2.24. The molecule has 0 aromatic heterocycles. The van der Waals surface area contributed by atoms with Gasteiger partial charge in [-0.2, -0.15) is 0 Å². The number of rotatable bonds is 4. The second-order valence-corrected chi connectivity index (χ2v) is 5.06. The quantitative estimate of drug-likeness (QED) is 0.912. The molecule has 0 spiro atoms. The van der Waals surface area contributed by atoms with Crippen LogP contribution in [0.2, 0.25) is 0 Å². The van der Waals surface area contributed by atoms with Crippen molar-refractivity contribution in [2.75, 3.05) is 7.11 Å². The number of carbonyl (C=O) groups excluding carboxylic acids is 1. The van der Waals surface area contributed by atoms with Crippen molar-refractivity contribution in [3.05, 3.63) is 71.4 Å². The molecule has 2 N–H and O–H groups in total. The van der Waals surface area contributed by atoms with Gasteiger partial charge in [-0.05, 0) is 29.3 Å². The molecule has 23 heavy (non-hydrogen) atoms. The van der Waals surface area contributed by atoms with Crippen molar-refractivity contribution in [2.45, 2.75) is 6.54 Å². The Kier molecular flexibility index (Phi) is 4.38. The highest BCUT2D eigenvalue weighted by Crippen LogP contribution is 2.15. The average Bonchev–Trinajstić information content (AvgIpc) is 2.94. The van der Waals surface area contributed by atoms with E-state index in [1.54, 1.807) is 7.11 Å². The third kappa shape index (κ3) is 3.77. The van der Waals surface area contributed by atoms with E-state index in [2.05, 4.69) is 15.6 Å². The number of methoxy groups -OCH3 is 1. The minimum Gasteiger partial charge on any atom is -0.497 e. The van der Waals surface area contributed by atoms with Crippen LogP contribution < -0.4 is 15.4 Å². The monoisotopic (exact) mass is 307 g/mol. The number of urea groups is 1. The molecule has 1 aliphatic heterocycles. The highest BCUT2D eigenvalue weighted by atomic mass is 16.5. The summed E-state index contributed by atoms with van der Waals surface area (Å²) in [6, 6.07) is 17.2. The molecular formula is C18H17N3O2. The minimum atomic E-state index is -0.267. The SMILES string of the molecule is COc1ccc(/C=C2\NC(=O)NC2=NCc2ccccc2)cc1. The van der Waals surface area contributed by atoms with Crippen LogP contribution in [0.4, 0.5) is 4.79 Å². The molecule has 3 rings (SSSR count). The first-order valence-corrected chi connectivity index (χ1v) is 7.27. The Morgan fingerprint density at radius 2 is 1.78 bits per heavy atom. The van der Waals surface area contributed by atoms with Crippen LogP contribution in [0, 0.1) is 0 Å². The van der Waals surface area contributed by atoms with E-state index in [0.29, 0.717) is 18.1 Å². The van der Waals surface area contributed by atoms with Crippen molar-refractivity contribution < 1.29 is 9.53 Å². The van der Waals surface area contributed by atoms with Crippen LogP contribution in [0.1, 0.15) is 11.1 Å². The molecule has 0 bridgehead atoms. The lowest BCUT2D eigenvalue weighted by molar-refractivity contribution is 0.250. The summed E-state index contributed by atoms with van der Waals surface area (Å²) in [6.07, 6.45) is 1.88. The van der Waals surface area contributed by atoms with Crippen molar-refractivity contribution in [1.29, 1.82) is 0 Å². The van der Waals surface area contributed by atoms with Gasteiger partial charge in [0, 0.05) is 0 Å². The molecule has 1 heterocycles. The van der Waals surface area contributed by atoms with E-state index in [-0.39, 0.29) is 6.03 Å². The number of carbonyl (C=O) groups is 1. The predicted molar refractivity (Wildman–Crippen MR) is 90.2 cm³/mol. The number of aliphatic imine (C=N–C) groups is 1. The van der Waals surface area contributed by atoms with Crippen LogP contribution >= 0.6 is 0 Å². The third-order valence-electron chi connectivity index (χ3n) is 3.42. The van der Waals surface area contributed by atoms with Gasteiger partial charge in [0.25, 0.3) is 0 Å². The predicted octanol–water partition coefficient (Wildman–Crippen LogP) is 2.95. The normalized spacial score (nSPS) is 17.2. The largest absolute Gasteiger partial charge is 0.497 e. The maximum Gasteiger partial charge on any atom is 0.325 e. The van der Waals surface area contributed by atoms with Gasteiger partial charge < -0.3 is 10.1 Å². The summed E-state index contributed by atoms with van der Waals surface area (Å²) in [5, 5.41) is 5.49. The molecule has 2 amide bonds. The fraction of sp³-hybridized carbons (Fsp3) is 0.111. The first-order chi connectivity index (χ1) is 11.2. The molecular weight excluding hydrogens is 290 g/mol. The second-order valence-electron chi connectivity index (χ2n) is 5.06. The standard InChI is InChI=1S/C18H17N3O2/c1-23-15-9-7-13(8-10-15)11-16-17(21-18(22)20-16)19-12-14-5-3-2-4-6-14/h2-11H,12H2,1H3,(H2,19,20,21,22)/b16-11-. The summed E-state index contributed by atoms with van der Waals surface area (Å²) in [4.78, 5) is 16.1. The summed E-state index contributed by atoms with van der Waals surface area (Å²) >= 11 is 0. The van der Waals surface area contributed by atoms with E-state index in [1.165, 1.54) is 0 Å². The molecule has 116 valence electrons. The van der Waals surface area contributed by atoms with Crippen LogP contribution in [0.5, 0.6) is 5.75 Å². The Bertz CT molecular complexity index is 750. The number of hydrogen-bond acceptors (Lipinski definition) is 3. The van der Waals surface area contributed by atoms with Crippen molar-refractivity contribution >= 4 is 17.9 Å². The fourth-order valence-corrected chi connectivity index (χ4v) is 2.24. The highest BCUT2D eigenvalue weighted by Gasteiger charge is 2.20. The number of amides is 2. The summed E-state index contributed by atoms with van der Waals surface area (Å²) < 4.78 is 5.14. The number of nitrogens with one attached hydrogen (secondary N) is 2. The Labute approximate surface area is 134 Å². The van der Waals surface area contributed by atoms with Crippen molar-refractivity contribution in [3.8, 4) is 5.75 Å². The van der Waals surface area contributed by atoms with Gasteiger partial charge in [-0.25, -0.2) is 4.79 Å². The zero-order valence-electron chi connectivity index (χ0n) is 12.7. The first kappa shape index (κ1) is 14.8. The summed E-state index contributed by atoms with van der Waals surface area (Å²) in [7, 11) is 1.63. The minimum absolute atomic E-state index is 0.267. The number of ether oxygens (including phenoxy) is 1. The van der Waals surface area contributed by atoms with Gasteiger partial charge in [0.15, 0.2) is 5.84 Å². The molecule has 0 radical (unpaired) electrons. The molecule has 5 nitrogen and oxygen atoms in total. The molecule has 5 heteroatoms. The van der Waals surface area contributed by atoms with Crippen molar-refractivity contribution in [2.24, 2.45) is 4.99 Å². The molecule has 2 aromatic carbocycles. The average molecular weight is 307 g/mol. The number of hydrogen-bond donors (Lipinski definition) is 2. The zero-order chi connectivity index (χ0) is 16.1. The van der Waals surface area contributed by atoms with E-state index >= 15 is 0 Å². The summed E-state index contributed by atoms with van der Waals surface area (Å²) in [5.74, 6) is 1.34. The number of benzene rings is 2.